The van der Waals surface area contributed by atoms with Gasteiger partial charge in [0.25, 0.3) is 5.69 Å². The maximum Gasteiger partial charge on any atom is 0.269 e. The smallest absolute Gasteiger partial charge is 0.269 e. The quantitative estimate of drug-likeness (QED) is 0.668. The van der Waals surface area contributed by atoms with Crippen molar-refractivity contribution in [3.05, 3.63) is 34.4 Å². The van der Waals surface area contributed by atoms with Gasteiger partial charge in [-0.3, -0.25) is 10.1 Å². The number of likely N-dealkylation sites (tertiary alicyclic amines) is 1. The second kappa shape index (κ2) is 6.00. The molecule has 20 heavy (non-hydrogen) atoms. The monoisotopic (exact) mass is 278 g/mol. The highest BCUT2D eigenvalue weighted by atomic mass is 16.6. The van der Waals surface area contributed by atoms with Gasteiger partial charge in [-0.15, -0.1) is 0 Å². The van der Waals surface area contributed by atoms with Crippen LogP contribution in [0, 0.1) is 16.0 Å². The number of rotatable bonds is 3. The number of non-ortho nitro benzene ring substituents is 1. The molecule has 1 N–H and O–H groups in total. The first-order chi connectivity index (χ1) is 9.47. The van der Waals surface area contributed by atoms with E-state index in [1.54, 1.807) is 12.1 Å². The van der Waals surface area contributed by atoms with Gasteiger partial charge >= 0.3 is 0 Å². The van der Waals surface area contributed by atoms with E-state index in [2.05, 4.69) is 26.1 Å². The van der Waals surface area contributed by atoms with E-state index in [-0.39, 0.29) is 5.69 Å². The van der Waals surface area contributed by atoms with E-state index >= 15 is 0 Å². The first-order valence-electron chi connectivity index (χ1n) is 6.78. The summed E-state index contributed by atoms with van der Waals surface area (Å²) in [5.74, 6) is 0.915. The molecule has 0 saturated carbocycles. The van der Waals surface area contributed by atoms with E-state index in [1.807, 2.05) is 0 Å². The van der Waals surface area contributed by atoms with Crippen molar-refractivity contribution in [1.29, 1.82) is 0 Å². The fourth-order valence-corrected chi connectivity index (χ4v) is 2.36. The Hall–Kier alpha value is -1.95. The van der Waals surface area contributed by atoms with E-state index in [4.69, 9.17) is 4.84 Å². The standard InChI is InChI=1S/C14H19N3O3/c1-10-9-16(3)11(2)8-14(10)15-20-13-6-4-12(5-7-13)17(18)19/h4-7,10-11H,8-9H2,1-3H3/p+1/b15-14-/t10-,11+/m0/s1. The molecule has 0 aliphatic carbocycles. The maximum atomic E-state index is 10.6. The number of hydrogen-bond donors (Lipinski definition) is 1. The van der Waals surface area contributed by atoms with Crippen LogP contribution < -0.4 is 9.74 Å². The van der Waals surface area contributed by atoms with Crippen LogP contribution in [0.4, 0.5) is 5.69 Å². The molecule has 1 heterocycles. The number of nitrogens with one attached hydrogen (secondary N) is 1. The zero-order valence-electron chi connectivity index (χ0n) is 12.0. The number of nitrogens with zero attached hydrogens (tertiary/aromatic N) is 2. The zero-order chi connectivity index (χ0) is 14.7. The maximum absolute atomic E-state index is 10.6. The summed E-state index contributed by atoms with van der Waals surface area (Å²) in [5.41, 5.74) is 1.11. The average Bonchev–Trinajstić information content (AvgIpc) is 2.42. The second-order valence-electron chi connectivity index (χ2n) is 5.48. The number of oxime groups is 1. The van der Waals surface area contributed by atoms with Gasteiger partial charge in [-0.05, 0) is 19.1 Å². The van der Waals surface area contributed by atoms with Crippen LogP contribution in [-0.4, -0.2) is 30.3 Å². The molecule has 0 radical (unpaired) electrons. The van der Waals surface area contributed by atoms with Crippen LogP contribution in [0.1, 0.15) is 20.3 Å². The molecule has 1 fully saturated rings. The van der Waals surface area contributed by atoms with Crippen LogP contribution in [0.2, 0.25) is 0 Å². The van der Waals surface area contributed by atoms with E-state index < -0.39 is 4.92 Å². The summed E-state index contributed by atoms with van der Waals surface area (Å²) in [6.45, 7) is 5.39. The third-order valence-electron chi connectivity index (χ3n) is 3.87. The molecule has 6 nitrogen and oxygen atoms in total. The van der Waals surface area contributed by atoms with Gasteiger partial charge in [-0.25, -0.2) is 0 Å². The van der Waals surface area contributed by atoms with Crippen LogP contribution in [0.5, 0.6) is 5.75 Å². The van der Waals surface area contributed by atoms with Gasteiger partial charge in [0.2, 0.25) is 0 Å². The molecule has 1 unspecified atom stereocenters. The van der Waals surface area contributed by atoms with E-state index in [9.17, 15) is 10.1 Å². The summed E-state index contributed by atoms with van der Waals surface area (Å²) in [6, 6.07) is 6.50. The Morgan fingerprint density at radius 1 is 1.35 bits per heavy atom. The zero-order valence-corrected chi connectivity index (χ0v) is 12.0. The number of quaternary nitrogens is 1. The lowest BCUT2D eigenvalue weighted by Gasteiger charge is -2.31. The van der Waals surface area contributed by atoms with Crippen LogP contribution in [0.25, 0.3) is 0 Å². The van der Waals surface area contributed by atoms with Crippen LogP contribution in [-0.2, 0) is 0 Å². The Kier molecular flexibility index (Phi) is 4.34. The predicted octanol–water partition coefficient (Wildman–Crippen LogP) is 1.27. The lowest BCUT2D eigenvalue weighted by atomic mass is 9.93. The summed E-state index contributed by atoms with van der Waals surface area (Å²) in [4.78, 5) is 17.0. The lowest BCUT2D eigenvalue weighted by Crippen LogP contribution is -3.14. The fraction of sp³-hybridized carbons (Fsp3) is 0.500. The van der Waals surface area contributed by atoms with Crippen molar-refractivity contribution < 1.29 is 14.7 Å². The molecule has 2 rings (SSSR count). The Balaban J connectivity index is 2.03. The van der Waals surface area contributed by atoms with Gasteiger partial charge in [0.05, 0.1) is 30.3 Å². The molecule has 0 bridgehead atoms. The number of hydrogen-bond acceptors (Lipinski definition) is 4. The largest absolute Gasteiger partial charge is 0.357 e. The molecular formula is C14H20N3O3+. The molecule has 1 aromatic rings. The van der Waals surface area contributed by atoms with Gasteiger partial charge in [0, 0.05) is 24.5 Å². The Labute approximate surface area is 118 Å². The van der Waals surface area contributed by atoms with Crippen LogP contribution >= 0.6 is 0 Å². The van der Waals surface area contributed by atoms with Crippen molar-refractivity contribution in [1.82, 2.24) is 0 Å². The van der Waals surface area contributed by atoms with E-state index in [0.717, 1.165) is 18.7 Å². The van der Waals surface area contributed by atoms with Crippen molar-refractivity contribution in [2.24, 2.45) is 11.1 Å². The summed E-state index contributed by atoms with van der Waals surface area (Å²) in [6.07, 6.45) is 0.917. The van der Waals surface area contributed by atoms with Gasteiger partial charge in [0.1, 0.15) is 0 Å². The molecule has 3 atom stereocenters. The molecular weight excluding hydrogens is 258 g/mol. The predicted molar refractivity (Wildman–Crippen MR) is 76.2 cm³/mol. The number of nitro groups is 1. The highest BCUT2D eigenvalue weighted by molar-refractivity contribution is 5.87. The SMILES string of the molecule is C[C@@H]1C/C(=N/Oc2ccc([N+](=O)[O-])cc2)[C@@H](C)C[NH+]1C. The molecule has 1 aliphatic rings. The number of benzene rings is 1. The van der Waals surface area contributed by atoms with Crippen LogP contribution in [0.15, 0.2) is 29.4 Å². The minimum atomic E-state index is -0.431. The number of piperidine rings is 1. The second-order valence-corrected chi connectivity index (χ2v) is 5.48. The number of nitro benzene ring substituents is 1. The minimum absolute atomic E-state index is 0.0508. The molecule has 1 aliphatic heterocycles. The summed E-state index contributed by atoms with van der Waals surface area (Å²) >= 11 is 0. The van der Waals surface area contributed by atoms with Crippen molar-refractivity contribution in [3.8, 4) is 5.75 Å². The van der Waals surface area contributed by atoms with Gasteiger partial charge in [0.15, 0.2) is 5.75 Å². The van der Waals surface area contributed by atoms with E-state index in [1.165, 1.54) is 17.0 Å². The van der Waals surface area contributed by atoms with Gasteiger partial charge in [-0.2, -0.15) is 0 Å². The lowest BCUT2D eigenvalue weighted by molar-refractivity contribution is -0.908. The molecule has 108 valence electrons. The van der Waals surface area contributed by atoms with Crippen molar-refractivity contribution in [2.75, 3.05) is 13.6 Å². The normalized spacial score (nSPS) is 28.4. The van der Waals surface area contributed by atoms with Crippen LogP contribution in [0.3, 0.4) is 0 Å². The molecule has 1 saturated heterocycles. The minimum Gasteiger partial charge on any atom is -0.357 e. The molecule has 0 aromatic heterocycles. The van der Waals surface area contributed by atoms with Crippen molar-refractivity contribution in [2.45, 2.75) is 26.3 Å². The Bertz CT molecular complexity index is 513. The first-order valence-corrected chi connectivity index (χ1v) is 6.78. The first kappa shape index (κ1) is 14.5. The van der Waals surface area contributed by atoms with Crippen molar-refractivity contribution in [3.63, 3.8) is 0 Å². The topological polar surface area (TPSA) is 69.2 Å². The highest BCUT2D eigenvalue weighted by Crippen LogP contribution is 2.18. The summed E-state index contributed by atoms with van der Waals surface area (Å²) in [7, 11) is 2.19. The summed E-state index contributed by atoms with van der Waals surface area (Å²) < 4.78 is 0. The Morgan fingerprint density at radius 3 is 2.60 bits per heavy atom. The molecule has 6 heteroatoms. The third-order valence-corrected chi connectivity index (χ3v) is 3.87. The van der Waals surface area contributed by atoms with E-state index in [0.29, 0.717) is 17.7 Å². The summed E-state index contributed by atoms with van der Waals surface area (Å²) in [5, 5.41) is 14.8. The van der Waals surface area contributed by atoms with Crippen molar-refractivity contribution >= 4 is 11.4 Å². The molecule has 0 amide bonds. The fourth-order valence-electron chi connectivity index (χ4n) is 2.36. The average molecular weight is 278 g/mol. The molecule has 1 aromatic carbocycles. The van der Waals surface area contributed by atoms with Gasteiger partial charge in [-0.1, -0.05) is 12.1 Å². The highest BCUT2D eigenvalue weighted by Gasteiger charge is 2.29. The molecule has 0 spiro atoms. The Morgan fingerprint density at radius 2 is 2.00 bits per heavy atom. The van der Waals surface area contributed by atoms with Gasteiger partial charge < -0.3 is 9.74 Å². The third kappa shape index (κ3) is 3.33.